The monoisotopic (exact) mass is 361 g/mol. The lowest BCUT2D eigenvalue weighted by molar-refractivity contribution is 0.0601. The molecule has 0 unspecified atom stereocenters. The molecular formula is C21H15NO5. The highest BCUT2D eigenvalue weighted by molar-refractivity contribution is 6.08. The van der Waals surface area contributed by atoms with Crippen LogP contribution in [0.5, 0.6) is 5.75 Å². The maximum Gasteiger partial charge on any atom is 0.338 e. The molecular weight excluding hydrogens is 346 g/mol. The van der Waals surface area contributed by atoms with Gasteiger partial charge in [0.2, 0.25) is 0 Å². The topological polar surface area (TPSA) is 103 Å². The van der Waals surface area contributed by atoms with E-state index in [0.717, 1.165) is 0 Å². The summed E-state index contributed by atoms with van der Waals surface area (Å²) in [6.45, 7) is 0. The van der Waals surface area contributed by atoms with Gasteiger partial charge in [-0.25, -0.2) is 4.79 Å². The lowest BCUT2D eigenvalue weighted by Gasteiger charge is -2.17. The minimum absolute atomic E-state index is 0.0281. The molecule has 0 bridgehead atoms. The number of hydrogen-bond acceptors (Lipinski definition) is 6. The molecule has 1 aliphatic carbocycles. The molecule has 0 radical (unpaired) electrons. The van der Waals surface area contributed by atoms with Gasteiger partial charge in [-0.05, 0) is 42.0 Å². The van der Waals surface area contributed by atoms with Crippen molar-refractivity contribution in [3.63, 3.8) is 0 Å². The van der Waals surface area contributed by atoms with E-state index in [9.17, 15) is 14.7 Å². The van der Waals surface area contributed by atoms with Gasteiger partial charge in [0, 0.05) is 34.3 Å². The maximum absolute atomic E-state index is 12.3. The SMILES string of the molecule is COC(=O)c1cc(N)ccc1-c1c2ccc(=O)cc-2oc2cc(O)ccc12. The number of nitrogen functional groups attached to an aromatic ring is 1. The molecule has 2 aromatic carbocycles. The Balaban J connectivity index is 2.18. The summed E-state index contributed by atoms with van der Waals surface area (Å²) in [5, 5.41) is 10.5. The Labute approximate surface area is 153 Å². The number of fused-ring (bicyclic) bond motifs is 2. The van der Waals surface area contributed by atoms with Gasteiger partial charge in [0.25, 0.3) is 0 Å². The van der Waals surface area contributed by atoms with E-state index < -0.39 is 5.97 Å². The molecule has 0 saturated heterocycles. The molecule has 0 fully saturated rings. The van der Waals surface area contributed by atoms with Crippen LogP contribution in [0.4, 0.5) is 5.69 Å². The zero-order valence-corrected chi connectivity index (χ0v) is 14.4. The van der Waals surface area contributed by atoms with E-state index in [0.29, 0.717) is 44.7 Å². The zero-order valence-electron chi connectivity index (χ0n) is 14.4. The van der Waals surface area contributed by atoms with Gasteiger partial charge >= 0.3 is 5.97 Å². The van der Waals surface area contributed by atoms with E-state index in [4.69, 9.17) is 14.9 Å². The summed E-state index contributed by atoms with van der Waals surface area (Å²) < 4.78 is 10.7. The summed E-state index contributed by atoms with van der Waals surface area (Å²) in [4.78, 5) is 24.1. The predicted molar refractivity (Wildman–Crippen MR) is 102 cm³/mol. The number of rotatable bonds is 2. The van der Waals surface area contributed by atoms with Crippen LogP contribution in [0.1, 0.15) is 10.4 Å². The molecule has 6 heteroatoms. The molecule has 134 valence electrons. The van der Waals surface area contributed by atoms with Crippen LogP contribution in [0.25, 0.3) is 33.4 Å². The Kier molecular flexibility index (Phi) is 3.81. The lowest BCUT2D eigenvalue weighted by Crippen LogP contribution is -2.06. The normalized spacial score (nSPS) is 11.0. The molecule has 3 N–H and O–H groups in total. The summed E-state index contributed by atoms with van der Waals surface area (Å²) in [6.07, 6.45) is 0. The van der Waals surface area contributed by atoms with Crippen LogP contribution >= 0.6 is 0 Å². The van der Waals surface area contributed by atoms with E-state index in [1.165, 1.54) is 31.4 Å². The Hall–Kier alpha value is -3.80. The summed E-state index contributed by atoms with van der Waals surface area (Å²) in [6, 6.07) is 14.1. The predicted octanol–water partition coefficient (Wildman–Crippen LogP) is 3.64. The molecule has 27 heavy (non-hydrogen) atoms. The van der Waals surface area contributed by atoms with Crippen molar-refractivity contribution in [3.8, 4) is 28.2 Å². The third-order valence-electron chi connectivity index (χ3n) is 4.40. The van der Waals surface area contributed by atoms with Crippen LogP contribution in [-0.4, -0.2) is 18.2 Å². The number of nitrogens with two attached hydrogens (primary N) is 1. The molecule has 6 nitrogen and oxygen atoms in total. The minimum atomic E-state index is -0.529. The summed E-state index contributed by atoms with van der Waals surface area (Å²) >= 11 is 0. The Morgan fingerprint density at radius 2 is 1.81 bits per heavy atom. The number of aromatic hydroxyl groups is 1. The lowest BCUT2D eigenvalue weighted by atomic mass is 9.90. The third-order valence-corrected chi connectivity index (χ3v) is 4.40. The van der Waals surface area contributed by atoms with Gasteiger partial charge in [0.15, 0.2) is 5.43 Å². The van der Waals surface area contributed by atoms with Crippen LogP contribution in [0.15, 0.2) is 63.8 Å². The fourth-order valence-corrected chi connectivity index (χ4v) is 3.21. The first kappa shape index (κ1) is 16.7. The zero-order chi connectivity index (χ0) is 19.1. The van der Waals surface area contributed by atoms with E-state index in [-0.39, 0.29) is 11.2 Å². The molecule has 0 aromatic heterocycles. The molecule has 1 heterocycles. The molecule has 2 aliphatic rings. The quantitative estimate of drug-likeness (QED) is 0.321. The second-order valence-corrected chi connectivity index (χ2v) is 6.11. The van der Waals surface area contributed by atoms with Crippen LogP contribution in [0.2, 0.25) is 0 Å². The van der Waals surface area contributed by atoms with Crippen molar-refractivity contribution in [1.29, 1.82) is 0 Å². The van der Waals surface area contributed by atoms with Crippen molar-refractivity contribution in [1.82, 2.24) is 0 Å². The van der Waals surface area contributed by atoms with Gasteiger partial charge in [-0.3, -0.25) is 4.79 Å². The fraction of sp³-hybridized carbons (Fsp3) is 0.0476. The van der Waals surface area contributed by atoms with Crippen LogP contribution < -0.4 is 11.2 Å². The number of phenols is 1. The van der Waals surface area contributed by atoms with Gasteiger partial charge in [-0.15, -0.1) is 0 Å². The largest absolute Gasteiger partial charge is 0.508 e. The first-order chi connectivity index (χ1) is 13.0. The van der Waals surface area contributed by atoms with E-state index in [1.807, 2.05) is 0 Å². The number of carbonyl (C=O) groups excluding carboxylic acids is 1. The van der Waals surface area contributed by atoms with E-state index in [2.05, 4.69) is 0 Å². The molecule has 2 aromatic rings. The molecule has 4 rings (SSSR count). The second kappa shape index (κ2) is 6.17. The average molecular weight is 361 g/mol. The highest BCUT2D eigenvalue weighted by atomic mass is 16.5. The van der Waals surface area contributed by atoms with Crippen molar-refractivity contribution in [3.05, 3.63) is 70.4 Å². The highest BCUT2D eigenvalue weighted by Gasteiger charge is 2.22. The van der Waals surface area contributed by atoms with Crippen molar-refractivity contribution in [2.75, 3.05) is 12.8 Å². The Morgan fingerprint density at radius 3 is 2.59 bits per heavy atom. The molecule has 0 spiro atoms. The number of methoxy groups -OCH3 is 1. The summed E-state index contributed by atoms with van der Waals surface area (Å²) in [7, 11) is 1.30. The van der Waals surface area contributed by atoms with Gasteiger partial charge < -0.3 is 20.0 Å². The van der Waals surface area contributed by atoms with Gasteiger partial charge in [0.05, 0.1) is 12.7 Å². The van der Waals surface area contributed by atoms with Crippen LogP contribution in [-0.2, 0) is 4.74 Å². The summed E-state index contributed by atoms with van der Waals surface area (Å²) in [5.74, 6) is -0.151. The van der Waals surface area contributed by atoms with Crippen molar-refractivity contribution in [2.45, 2.75) is 0 Å². The summed E-state index contributed by atoms with van der Waals surface area (Å²) in [5.41, 5.74) is 8.69. The number of phenolic OH excluding ortho intramolecular Hbond substituents is 1. The number of ether oxygens (including phenoxy) is 1. The van der Waals surface area contributed by atoms with Gasteiger partial charge in [0.1, 0.15) is 17.1 Å². The van der Waals surface area contributed by atoms with Crippen molar-refractivity contribution >= 4 is 22.6 Å². The standard InChI is InChI=1S/C21H15NO5/c1-26-21(25)17-8-11(22)2-5-14(17)20-15-6-3-12(23)9-18(15)27-19-10-13(24)4-7-16(19)20/h2-10,23H,22H2,1H3. The Bertz CT molecular complexity index is 1230. The second-order valence-electron chi connectivity index (χ2n) is 6.11. The number of esters is 1. The number of benzene rings is 3. The average Bonchev–Trinajstić information content (AvgIpc) is 2.65. The molecule has 0 amide bonds. The Morgan fingerprint density at radius 1 is 1.04 bits per heavy atom. The molecule has 1 aliphatic heterocycles. The van der Waals surface area contributed by atoms with Gasteiger partial charge in [-0.1, -0.05) is 6.07 Å². The molecule has 0 saturated carbocycles. The maximum atomic E-state index is 12.3. The van der Waals surface area contributed by atoms with Crippen LogP contribution in [0.3, 0.4) is 0 Å². The number of carbonyl (C=O) groups is 1. The molecule has 0 atom stereocenters. The van der Waals surface area contributed by atoms with Crippen molar-refractivity contribution < 1.29 is 19.1 Å². The number of hydrogen-bond donors (Lipinski definition) is 2. The first-order valence-corrected chi connectivity index (χ1v) is 8.16. The fourth-order valence-electron chi connectivity index (χ4n) is 3.21. The highest BCUT2D eigenvalue weighted by Crippen LogP contribution is 2.42. The third kappa shape index (κ3) is 2.77. The van der Waals surface area contributed by atoms with Crippen LogP contribution in [0, 0.1) is 0 Å². The minimum Gasteiger partial charge on any atom is -0.508 e. The van der Waals surface area contributed by atoms with E-state index >= 15 is 0 Å². The smallest absolute Gasteiger partial charge is 0.338 e. The first-order valence-electron chi connectivity index (χ1n) is 8.16. The van der Waals surface area contributed by atoms with Crippen molar-refractivity contribution in [2.24, 2.45) is 0 Å². The van der Waals surface area contributed by atoms with E-state index in [1.54, 1.807) is 30.3 Å². The van der Waals surface area contributed by atoms with Gasteiger partial charge in [-0.2, -0.15) is 0 Å². The number of anilines is 1.